The van der Waals surface area contributed by atoms with Crippen molar-refractivity contribution in [2.45, 2.75) is 11.5 Å². The first kappa shape index (κ1) is 15.6. The smallest absolute Gasteiger partial charge is 0.176 e. The lowest BCUT2D eigenvalue weighted by Crippen LogP contribution is -2.03. The molecule has 0 unspecified atom stereocenters. The molecule has 1 heterocycles. The highest BCUT2D eigenvalue weighted by atomic mass is 32.2. The van der Waals surface area contributed by atoms with Crippen LogP contribution in [0.3, 0.4) is 0 Å². The maximum Gasteiger partial charge on any atom is 0.176 e. The first-order valence-electron chi connectivity index (χ1n) is 6.90. The van der Waals surface area contributed by atoms with Crippen LogP contribution in [0, 0.1) is 5.82 Å². The fraction of sp³-hybridized carbons (Fsp3) is 0.118. The van der Waals surface area contributed by atoms with Crippen molar-refractivity contribution in [3.05, 3.63) is 60.0 Å². The van der Waals surface area contributed by atoms with Crippen molar-refractivity contribution in [2.24, 2.45) is 0 Å². The van der Waals surface area contributed by atoms with Gasteiger partial charge in [0.25, 0.3) is 0 Å². The van der Waals surface area contributed by atoms with E-state index >= 15 is 0 Å². The molecule has 0 saturated heterocycles. The van der Waals surface area contributed by atoms with Crippen molar-refractivity contribution in [2.75, 3.05) is 6.26 Å². The van der Waals surface area contributed by atoms with E-state index in [1.165, 1.54) is 12.1 Å². The minimum absolute atomic E-state index is 0.146. The van der Waals surface area contributed by atoms with Crippen LogP contribution in [0.5, 0.6) is 0 Å². The number of sulfone groups is 1. The van der Waals surface area contributed by atoms with Crippen LogP contribution in [0.1, 0.15) is 5.69 Å². The fourth-order valence-corrected chi connectivity index (χ4v) is 3.47. The molecule has 0 aliphatic heterocycles. The largest absolute Gasteiger partial charge is 0.390 e. The summed E-state index contributed by atoms with van der Waals surface area (Å²) in [6.07, 6.45) is 1.12. The summed E-state index contributed by atoms with van der Waals surface area (Å²) in [6, 6.07) is 12.7. The monoisotopic (exact) mass is 331 g/mol. The van der Waals surface area contributed by atoms with E-state index in [-0.39, 0.29) is 16.1 Å². The number of hydrogen-bond acceptors (Lipinski definition) is 4. The van der Waals surface area contributed by atoms with Gasteiger partial charge in [0.2, 0.25) is 0 Å². The third-order valence-electron chi connectivity index (χ3n) is 3.60. The van der Waals surface area contributed by atoms with Crippen molar-refractivity contribution in [1.82, 2.24) is 4.98 Å². The van der Waals surface area contributed by atoms with Crippen LogP contribution in [0.4, 0.5) is 4.39 Å². The lowest BCUT2D eigenvalue weighted by Gasteiger charge is -2.13. The number of hydrogen-bond donors (Lipinski definition) is 1. The van der Waals surface area contributed by atoms with Gasteiger partial charge in [0.1, 0.15) is 11.3 Å². The summed E-state index contributed by atoms with van der Waals surface area (Å²) in [6.45, 7) is -0.419. The van der Waals surface area contributed by atoms with Gasteiger partial charge in [-0.3, -0.25) is 0 Å². The Bertz CT molecular complexity index is 1000. The van der Waals surface area contributed by atoms with Crippen molar-refractivity contribution in [3.63, 3.8) is 0 Å². The topological polar surface area (TPSA) is 67.3 Å². The molecule has 3 rings (SSSR count). The number of aliphatic hydroxyl groups is 1. The number of nitrogens with zero attached hydrogens (tertiary/aromatic N) is 1. The van der Waals surface area contributed by atoms with E-state index in [1.54, 1.807) is 36.4 Å². The summed E-state index contributed by atoms with van der Waals surface area (Å²) in [4.78, 5) is 4.32. The van der Waals surface area contributed by atoms with Crippen LogP contribution in [-0.4, -0.2) is 24.8 Å². The summed E-state index contributed by atoms with van der Waals surface area (Å²) in [5.41, 5.74) is 1.31. The van der Waals surface area contributed by atoms with Crippen molar-refractivity contribution in [3.8, 4) is 11.1 Å². The minimum atomic E-state index is -3.45. The number of aliphatic hydroxyl groups excluding tert-OH is 1. The Morgan fingerprint density at radius 3 is 2.52 bits per heavy atom. The summed E-state index contributed by atoms with van der Waals surface area (Å²) in [5.74, 6) is -0.486. The van der Waals surface area contributed by atoms with Gasteiger partial charge in [-0.1, -0.05) is 30.3 Å². The van der Waals surface area contributed by atoms with Crippen LogP contribution >= 0.6 is 0 Å². The van der Waals surface area contributed by atoms with Crippen LogP contribution in [0.15, 0.2) is 53.4 Å². The van der Waals surface area contributed by atoms with E-state index in [4.69, 9.17) is 0 Å². The van der Waals surface area contributed by atoms with E-state index in [2.05, 4.69) is 4.98 Å². The predicted octanol–water partition coefficient (Wildman–Crippen LogP) is 2.94. The first-order chi connectivity index (χ1) is 10.9. The zero-order valence-corrected chi connectivity index (χ0v) is 13.1. The van der Waals surface area contributed by atoms with Gasteiger partial charge in [-0.15, -0.1) is 0 Å². The number of para-hydroxylation sites is 1. The molecule has 0 amide bonds. The average molecular weight is 331 g/mol. The van der Waals surface area contributed by atoms with E-state index in [0.29, 0.717) is 16.5 Å². The Kier molecular flexibility index (Phi) is 3.87. The summed E-state index contributed by atoms with van der Waals surface area (Å²) >= 11 is 0. The number of halogens is 1. The molecule has 0 spiro atoms. The van der Waals surface area contributed by atoms with Crippen molar-refractivity contribution < 1.29 is 17.9 Å². The summed E-state index contributed by atoms with van der Waals surface area (Å²) < 4.78 is 37.9. The standard InChI is InChI=1S/C17H14FNO3S/c1-23(21,22)16-8-3-2-6-12(16)13-9-11-5-4-7-14(18)17(11)19-15(13)10-20/h2-9,20H,10H2,1H3. The molecule has 1 aromatic heterocycles. The molecule has 3 aromatic rings. The molecule has 0 aliphatic rings. The number of rotatable bonds is 3. The lowest BCUT2D eigenvalue weighted by atomic mass is 10.0. The van der Waals surface area contributed by atoms with Crippen molar-refractivity contribution in [1.29, 1.82) is 0 Å². The Labute approximate surface area is 133 Å². The summed E-state index contributed by atoms with van der Waals surface area (Å²) in [7, 11) is -3.45. The number of pyridine rings is 1. The van der Waals surface area contributed by atoms with Gasteiger partial charge in [-0.2, -0.15) is 0 Å². The molecule has 4 nitrogen and oxygen atoms in total. The number of fused-ring (bicyclic) bond motifs is 1. The third kappa shape index (κ3) is 2.83. The highest BCUT2D eigenvalue weighted by Gasteiger charge is 2.18. The Morgan fingerprint density at radius 1 is 1.09 bits per heavy atom. The van der Waals surface area contributed by atoms with E-state index < -0.39 is 22.3 Å². The molecule has 0 aliphatic carbocycles. The Hall–Kier alpha value is -2.31. The van der Waals surface area contributed by atoms with Gasteiger partial charge in [-0.25, -0.2) is 17.8 Å². The van der Waals surface area contributed by atoms with Crippen molar-refractivity contribution >= 4 is 20.7 Å². The molecule has 23 heavy (non-hydrogen) atoms. The molecule has 6 heteroatoms. The number of benzene rings is 2. The highest BCUT2D eigenvalue weighted by molar-refractivity contribution is 7.90. The third-order valence-corrected chi connectivity index (χ3v) is 4.76. The average Bonchev–Trinajstić information content (AvgIpc) is 2.53. The van der Waals surface area contributed by atoms with Gasteiger partial charge in [-0.05, 0) is 18.2 Å². The minimum Gasteiger partial charge on any atom is -0.390 e. The maximum absolute atomic E-state index is 13.9. The van der Waals surface area contributed by atoms with Crippen LogP contribution in [0.25, 0.3) is 22.0 Å². The Morgan fingerprint density at radius 2 is 1.83 bits per heavy atom. The second-order valence-electron chi connectivity index (χ2n) is 5.22. The molecule has 1 N–H and O–H groups in total. The number of aromatic nitrogens is 1. The van der Waals surface area contributed by atoms with Gasteiger partial charge in [0.05, 0.1) is 17.2 Å². The molecule has 0 bridgehead atoms. The Balaban J connectivity index is 2.37. The highest BCUT2D eigenvalue weighted by Crippen LogP contribution is 2.32. The predicted molar refractivity (Wildman–Crippen MR) is 86.2 cm³/mol. The molecule has 2 aromatic carbocycles. The molecular formula is C17H14FNO3S. The van der Waals surface area contributed by atoms with Crippen LogP contribution in [0.2, 0.25) is 0 Å². The second-order valence-corrected chi connectivity index (χ2v) is 7.20. The zero-order valence-electron chi connectivity index (χ0n) is 12.3. The van der Waals surface area contributed by atoms with E-state index in [0.717, 1.165) is 6.26 Å². The van der Waals surface area contributed by atoms with Gasteiger partial charge in [0, 0.05) is 22.8 Å². The van der Waals surface area contributed by atoms with Gasteiger partial charge < -0.3 is 5.11 Å². The first-order valence-corrected chi connectivity index (χ1v) is 8.79. The van der Waals surface area contributed by atoms with Gasteiger partial charge in [0.15, 0.2) is 9.84 Å². The SMILES string of the molecule is CS(=O)(=O)c1ccccc1-c1cc2cccc(F)c2nc1CO. The second kappa shape index (κ2) is 5.72. The normalized spacial score (nSPS) is 11.8. The molecule has 0 fully saturated rings. The summed E-state index contributed by atoms with van der Waals surface area (Å²) in [5, 5.41) is 10.1. The molecule has 0 saturated carbocycles. The molecular weight excluding hydrogens is 317 g/mol. The maximum atomic E-state index is 13.9. The molecule has 118 valence electrons. The van der Waals surface area contributed by atoms with Crippen LogP contribution in [-0.2, 0) is 16.4 Å². The van der Waals surface area contributed by atoms with Crippen LogP contribution < -0.4 is 0 Å². The molecule has 0 atom stereocenters. The van der Waals surface area contributed by atoms with E-state index in [9.17, 15) is 17.9 Å². The lowest BCUT2D eigenvalue weighted by molar-refractivity contribution is 0.278. The molecule has 0 radical (unpaired) electrons. The fourth-order valence-electron chi connectivity index (χ4n) is 2.57. The quantitative estimate of drug-likeness (QED) is 0.801. The van der Waals surface area contributed by atoms with Gasteiger partial charge >= 0.3 is 0 Å². The van der Waals surface area contributed by atoms with E-state index in [1.807, 2.05) is 0 Å². The zero-order chi connectivity index (χ0) is 16.6.